The molecule has 1 amide bonds. The summed E-state index contributed by atoms with van der Waals surface area (Å²) in [5, 5.41) is 43.3. The molecule has 0 aromatic heterocycles. The molecule has 0 aliphatic carbocycles. The van der Waals surface area contributed by atoms with Crippen molar-refractivity contribution in [3.05, 3.63) is 29.8 Å². The second-order valence-corrected chi connectivity index (χ2v) is 11.5. The van der Waals surface area contributed by atoms with Crippen LogP contribution in [0.2, 0.25) is 0 Å². The zero-order valence-corrected chi connectivity index (χ0v) is 28.2. The molecule has 1 saturated heterocycles. The van der Waals surface area contributed by atoms with E-state index >= 15 is 0 Å². The highest BCUT2D eigenvalue weighted by atomic mass is 32.1. The zero-order valence-electron chi connectivity index (χ0n) is 27.4. The number of isothiocyanates is 1. The summed E-state index contributed by atoms with van der Waals surface area (Å²) in [6.07, 6.45) is -0.0813. The number of hydrogen-bond donors (Lipinski definition) is 5. The number of carbonyl (C=O) groups excluding carboxylic acids is 1. The number of ether oxygens (including phenoxy) is 2. The fourth-order valence-electron chi connectivity index (χ4n) is 5.09. The predicted octanol–water partition coefficient (Wildman–Crippen LogP) is -0.221. The Morgan fingerprint density at radius 1 is 0.735 bits per heavy atom. The standard InChI is InChI=1S/C31H46N6O11S/c38-27(32-19-24-1-3-25(4-2-24)33-23-49)6-5-26(31(45)46)37-10-9-36(22-30(43)44)13-16-47-15-11-34(20-28(39)40)7-8-35(21-29(41)42)12-17-48-18-14-37/h1-4,26H,5-22H2,(H,32,38)(H,39,40)(H,41,42)(H,43,44)(H,45,46). The number of carbonyl (C=O) groups is 5. The lowest BCUT2D eigenvalue weighted by Gasteiger charge is -2.31. The van der Waals surface area contributed by atoms with Crippen molar-refractivity contribution in [3.8, 4) is 0 Å². The summed E-state index contributed by atoms with van der Waals surface area (Å²) in [5.74, 6) is -4.63. The summed E-state index contributed by atoms with van der Waals surface area (Å²) in [6, 6.07) is 5.95. The van der Waals surface area contributed by atoms with Crippen LogP contribution in [-0.2, 0) is 40.0 Å². The van der Waals surface area contributed by atoms with E-state index in [2.05, 4.69) is 27.7 Å². The van der Waals surface area contributed by atoms with Gasteiger partial charge in [-0.1, -0.05) is 12.1 Å². The van der Waals surface area contributed by atoms with Crippen LogP contribution in [0.15, 0.2) is 29.3 Å². The third-order valence-electron chi connectivity index (χ3n) is 7.66. The second-order valence-electron chi connectivity index (χ2n) is 11.3. The van der Waals surface area contributed by atoms with Crippen LogP contribution in [0, 0.1) is 0 Å². The monoisotopic (exact) mass is 710 g/mol. The van der Waals surface area contributed by atoms with Gasteiger partial charge in [0.05, 0.1) is 56.9 Å². The molecule has 1 fully saturated rings. The molecule has 18 heteroatoms. The van der Waals surface area contributed by atoms with Crippen molar-refractivity contribution in [3.63, 3.8) is 0 Å². The van der Waals surface area contributed by atoms with Crippen molar-refractivity contribution < 1.29 is 53.9 Å². The lowest BCUT2D eigenvalue weighted by molar-refractivity contribution is -0.145. The van der Waals surface area contributed by atoms with Crippen LogP contribution in [0.4, 0.5) is 5.69 Å². The van der Waals surface area contributed by atoms with Crippen molar-refractivity contribution in [2.75, 3.05) is 98.4 Å². The Morgan fingerprint density at radius 3 is 1.65 bits per heavy atom. The van der Waals surface area contributed by atoms with Gasteiger partial charge in [0.15, 0.2) is 0 Å². The second kappa shape index (κ2) is 23.5. The van der Waals surface area contributed by atoms with Gasteiger partial charge in [-0.3, -0.25) is 43.6 Å². The highest BCUT2D eigenvalue weighted by molar-refractivity contribution is 7.78. The topological polar surface area (TPSA) is 222 Å². The fraction of sp³-hybridized carbons (Fsp3) is 0.613. The number of thiocarbonyl (C=S) groups is 1. The van der Waals surface area contributed by atoms with E-state index in [9.17, 15) is 44.4 Å². The van der Waals surface area contributed by atoms with Gasteiger partial charge in [-0.15, -0.1) is 0 Å². The average Bonchev–Trinajstić information content (AvgIpc) is 3.03. The van der Waals surface area contributed by atoms with Crippen molar-refractivity contribution >= 4 is 52.9 Å². The zero-order chi connectivity index (χ0) is 36.0. The normalized spacial score (nSPS) is 17.9. The molecule has 1 aliphatic rings. The van der Waals surface area contributed by atoms with Gasteiger partial charge in [0.1, 0.15) is 6.04 Å². The maximum absolute atomic E-state index is 12.7. The summed E-state index contributed by atoms with van der Waals surface area (Å²) in [5.41, 5.74) is 1.45. The number of nitrogens with one attached hydrogen (secondary N) is 1. The summed E-state index contributed by atoms with van der Waals surface area (Å²) in [4.78, 5) is 69.9. The Morgan fingerprint density at radius 2 is 1.20 bits per heavy atom. The largest absolute Gasteiger partial charge is 0.480 e. The van der Waals surface area contributed by atoms with Crippen LogP contribution in [0.5, 0.6) is 0 Å². The Hall–Kier alpha value is -3.87. The molecular formula is C31H46N6O11S. The number of aliphatic imine (C=N–C) groups is 1. The Kier molecular flexibility index (Phi) is 19.8. The van der Waals surface area contributed by atoms with Gasteiger partial charge in [-0.05, 0) is 36.3 Å². The molecule has 0 spiro atoms. The number of aliphatic carboxylic acids is 4. The van der Waals surface area contributed by atoms with E-state index in [1.807, 2.05) is 0 Å². The minimum absolute atomic E-state index is 0.00917. The molecule has 49 heavy (non-hydrogen) atoms. The summed E-state index contributed by atoms with van der Waals surface area (Å²) in [7, 11) is 0. The van der Waals surface area contributed by atoms with E-state index in [0.717, 1.165) is 5.56 Å². The number of nitrogens with zero attached hydrogens (tertiary/aromatic N) is 5. The molecule has 5 N–H and O–H groups in total. The molecule has 272 valence electrons. The molecule has 1 unspecified atom stereocenters. The minimum Gasteiger partial charge on any atom is -0.480 e. The fourth-order valence-corrected chi connectivity index (χ4v) is 5.19. The molecule has 17 nitrogen and oxygen atoms in total. The molecule has 1 aromatic carbocycles. The van der Waals surface area contributed by atoms with Crippen LogP contribution in [0.1, 0.15) is 18.4 Å². The predicted molar refractivity (Wildman–Crippen MR) is 179 cm³/mol. The Bertz CT molecular complexity index is 1260. The smallest absolute Gasteiger partial charge is 0.320 e. The number of benzene rings is 1. The summed E-state index contributed by atoms with van der Waals surface area (Å²) in [6.45, 7) is 1.68. The summed E-state index contributed by atoms with van der Waals surface area (Å²) >= 11 is 4.59. The molecule has 0 radical (unpaired) electrons. The van der Waals surface area contributed by atoms with Crippen molar-refractivity contribution in [1.82, 2.24) is 24.9 Å². The first-order valence-corrected chi connectivity index (χ1v) is 16.3. The number of rotatable bonds is 14. The van der Waals surface area contributed by atoms with E-state index < -0.39 is 29.9 Å². The van der Waals surface area contributed by atoms with Gasteiger partial charge >= 0.3 is 23.9 Å². The van der Waals surface area contributed by atoms with Gasteiger partial charge in [0.2, 0.25) is 5.91 Å². The SMILES string of the molecule is O=C(O)CN1CCOCCN(CC(=O)O)CCN(C(CCC(=O)NCc2ccc(N=C=S)cc2)C(=O)O)CCOCCN(CC(=O)O)CC1. The number of amides is 1. The molecule has 2 rings (SSSR count). The molecule has 1 aromatic rings. The summed E-state index contributed by atoms with van der Waals surface area (Å²) < 4.78 is 11.5. The van der Waals surface area contributed by atoms with Crippen molar-refractivity contribution in [2.45, 2.75) is 25.4 Å². The quantitative estimate of drug-likeness (QED) is 0.124. The first kappa shape index (κ1) is 41.3. The van der Waals surface area contributed by atoms with E-state index in [-0.39, 0.29) is 124 Å². The lowest BCUT2D eigenvalue weighted by Crippen LogP contribution is -2.48. The Labute approximate surface area is 290 Å². The van der Waals surface area contributed by atoms with Crippen molar-refractivity contribution in [1.29, 1.82) is 0 Å². The number of hydrogen-bond acceptors (Lipinski definition) is 13. The molecular weight excluding hydrogens is 664 g/mol. The van der Waals surface area contributed by atoms with Gasteiger partial charge in [-0.2, -0.15) is 4.99 Å². The first-order valence-electron chi connectivity index (χ1n) is 15.8. The third-order valence-corrected chi connectivity index (χ3v) is 7.75. The highest BCUT2D eigenvalue weighted by Crippen LogP contribution is 2.13. The molecule has 0 bridgehead atoms. The highest BCUT2D eigenvalue weighted by Gasteiger charge is 2.27. The molecule has 0 saturated carbocycles. The van der Waals surface area contributed by atoms with Crippen LogP contribution < -0.4 is 5.32 Å². The van der Waals surface area contributed by atoms with Gasteiger partial charge in [0, 0.05) is 65.3 Å². The van der Waals surface area contributed by atoms with Gasteiger partial charge in [0.25, 0.3) is 0 Å². The van der Waals surface area contributed by atoms with Gasteiger partial charge in [-0.25, -0.2) is 0 Å². The third kappa shape index (κ3) is 18.5. The van der Waals surface area contributed by atoms with Crippen molar-refractivity contribution in [2.24, 2.45) is 4.99 Å². The molecule has 1 atom stereocenters. The lowest BCUT2D eigenvalue weighted by atomic mass is 10.1. The van der Waals surface area contributed by atoms with Crippen LogP contribution in [-0.4, -0.2) is 179 Å². The Balaban J connectivity index is 2.11. The van der Waals surface area contributed by atoms with Crippen LogP contribution in [0.3, 0.4) is 0 Å². The maximum Gasteiger partial charge on any atom is 0.320 e. The van der Waals surface area contributed by atoms with E-state index in [4.69, 9.17) is 9.47 Å². The number of carboxylic acid groups (broad SMARTS) is 4. The van der Waals surface area contributed by atoms with Crippen LogP contribution >= 0.6 is 12.2 Å². The number of carboxylic acids is 4. The van der Waals surface area contributed by atoms with Gasteiger partial charge < -0.3 is 35.2 Å². The molecule has 1 aliphatic heterocycles. The van der Waals surface area contributed by atoms with E-state index in [0.29, 0.717) is 5.69 Å². The minimum atomic E-state index is -1.14. The van der Waals surface area contributed by atoms with E-state index in [1.165, 1.54) is 0 Å². The van der Waals surface area contributed by atoms with E-state index in [1.54, 1.807) is 43.9 Å². The first-order chi connectivity index (χ1) is 23.5. The maximum atomic E-state index is 12.7. The average molecular weight is 711 g/mol. The van der Waals surface area contributed by atoms with Crippen LogP contribution in [0.25, 0.3) is 0 Å². The molecule has 1 heterocycles.